The third kappa shape index (κ3) is 3.96. The Morgan fingerprint density at radius 3 is 2.00 bits per heavy atom. The van der Waals surface area contributed by atoms with Crippen molar-refractivity contribution < 1.29 is 21.3 Å². The van der Waals surface area contributed by atoms with Gasteiger partial charge in [-0.05, 0) is 55.5 Å². The van der Waals surface area contributed by atoms with E-state index < -0.39 is 20.0 Å². The number of rotatable bonds is 6. The summed E-state index contributed by atoms with van der Waals surface area (Å²) in [5, 5.41) is 0. The molecule has 3 aromatic rings. The Kier molecular flexibility index (Phi) is 5.33. The summed E-state index contributed by atoms with van der Waals surface area (Å²) in [6, 6.07) is 15.5. The van der Waals surface area contributed by atoms with Crippen LogP contribution >= 0.6 is 0 Å². The number of sulfonamides is 2. The molecule has 148 valence electrons. The molecule has 2 aromatic carbocycles. The molecular formula is C19H20N2O5S2. The molecular weight excluding hydrogens is 400 g/mol. The molecule has 1 N–H and O–H groups in total. The maximum Gasteiger partial charge on any atom is 0.261 e. The largest absolute Gasteiger partial charge is 0.461 e. The standard InChI is InChI=1S/C19H20N2O5S2/c1-14-8-13-19(26-14)17-6-4-5-7-18(17)20-27(22,23)15-9-11-16(12-10-15)28(24,25)21(2)3/h4-13,20H,1-3H3. The van der Waals surface area contributed by atoms with Crippen LogP contribution in [0.5, 0.6) is 0 Å². The van der Waals surface area contributed by atoms with E-state index in [1.54, 1.807) is 43.3 Å². The van der Waals surface area contributed by atoms with Crippen LogP contribution in [0.25, 0.3) is 11.3 Å². The summed E-state index contributed by atoms with van der Waals surface area (Å²) in [5.41, 5.74) is 0.966. The van der Waals surface area contributed by atoms with Crippen LogP contribution in [0.3, 0.4) is 0 Å². The number of aryl methyl sites for hydroxylation is 1. The van der Waals surface area contributed by atoms with Gasteiger partial charge in [0.05, 0.1) is 15.5 Å². The zero-order chi connectivity index (χ0) is 20.5. The first kappa shape index (κ1) is 20.1. The predicted molar refractivity (Wildman–Crippen MR) is 107 cm³/mol. The lowest BCUT2D eigenvalue weighted by Gasteiger charge is -2.13. The fourth-order valence-electron chi connectivity index (χ4n) is 2.57. The molecule has 1 heterocycles. The third-order valence-electron chi connectivity index (χ3n) is 4.09. The van der Waals surface area contributed by atoms with Crippen LogP contribution in [-0.4, -0.2) is 35.2 Å². The van der Waals surface area contributed by atoms with E-state index >= 15 is 0 Å². The van der Waals surface area contributed by atoms with Crippen molar-refractivity contribution in [2.45, 2.75) is 16.7 Å². The van der Waals surface area contributed by atoms with Crippen molar-refractivity contribution in [2.24, 2.45) is 0 Å². The van der Waals surface area contributed by atoms with Gasteiger partial charge < -0.3 is 4.42 Å². The van der Waals surface area contributed by atoms with Crippen LogP contribution in [0.15, 0.2) is 74.9 Å². The molecule has 0 amide bonds. The molecule has 1 aromatic heterocycles. The van der Waals surface area contributed by atoms with Gasteiger partial charge in [0.1, 0.15) is 11.5 Å². The Morgan fingerprint density at radius 2 is 1.43 bits per heavy atom. The van der Waals surface area contributed by atoms with Gasteiger partial charge in [0.2, 0.25) is 10.0 Å². The second-order valence-corrected chi connectivity index (χ2v) is 10.2. The second-order valence-electron chi connectivity index (χ2n) is 6.32. The molecule has 0 spiro atoms. The van der Waals surface area contributed by atoms with Crippen molar-refractivity contribution >= 4 is 25.7 Å². The summed E-state index contributed by atoms with van der Waals surface area (Å²) in [6.45, 7) is 1.81. The minimum Gasteiger partial charge on any atom is -0.461 e. The van der Waals surface area contributed by atoms with E-state index in [2.05, 4.69) is 4.72 Å². The molecule has 0 aliphatic carbocycles. The summed E-state index contributed by atoms with van der Waals surface area (Å²) < 4.78 is 59.1. The van der Waals surface area contributed by atoms with Gasteiger partial charge in [-0.2, -0.15) is 0 Å². The highest BCUT2D eigenvalue weighted by Crippen LogP contribution is 2.31. The molecule has 0 radical (unpaired) electrons. The van der Waals surface area contributed by atoms with Gasteiger partial charge in [-0.25, -0.2) is 21.1 Å². The summed E-state index contributed by atoms with van der Waals surface area (Å²) in [6.07, 6.45) is 0. The highest BCUT2D eigenvalue weighted by atomic mass is 32.2. The minimum atomic E-state index is -3.92. The number of furan rings is 1. The van der Waals surface area contributed by atoms with E-state index in [1.165, 1.54) is 38.4 Å². The average Bonchev–Trinajstić information content (AvgIpc) is 3.08. The monoisotopic (exact) mass is 420 g/mol. The lowest BCUT2D eigenvalue weighted by atomic mass is 10.1. The maximum absolute atomic E-state index is 12.8. The van der Waals surface area contributed by atoms with Crippen LogP contribution in [0.2, 0.25) is 0 Å². The van der Waals surface area contributed by atoms with Crippen molar-refractivity contribution in [3.63, 3.8) is 0 Å². The maximum atomic E-state index is 12.8. The summed E-state index contributed by atoms with van der Waals surface area (Å²) in [7, 11) is -4.73. The number of nitrogens with zero attached hydrogens (tertiary/aromatic N) is 1. The Labute approximate surface area is 164 Å². The SMILES string of the molecule is Cc1ccc(-c2ccccc2NS(=O)(=O)c2ccc(S(=O)(=O)N(C)C)cc2)o1. The highest BCUT2D eigenvalue weighted by molar-refractivity contribution is 7.92. The number of nitrogens with one attached hydrogen (secondary N) is 1. The molecule has 0 aliphatic rings. The van der Waals surface area contributed by atoms with Gasteiger partial charge in [0, 0.05) is 19.7 Å². The van der Waals surface area contributed by atoms with Crippen LogP contribution in [0.4, 0.5) is 5.69 Å². The molecule has 0 aliphatic heterocycles. The van der Waals surface area contributed by atoms with Crippen molar-refractivity contribution in [1.82, 2.24) is 4.31 Å². The van der Waals surface area contributed by atoms with E-state index in [1.807, 2.05) is 0 Å². The molecule has 0 saturated heterocycles. The number of anilines is 1. The number of para-hydroxylation sites is 1. The van der Waals surface area contributed by atoms with Gasteiger partial charge in [-0.15, -0.1) is 0 Å². The van der Waals surface area contributed by atoms with Crippen molar-refractivity contribution in [2.75, 3.05) is 18.8 Å². The van der Waals surface area contributed by atoms with Gasteiger partial charge in [0.25, 0.3) is 10.0 Å². The van der Waals surface area contributed by atoms with Crippen LogP contribution in [0, 0.1) is 6.92 Å². The van der Waals surface area contributed by atoms with Crippen LogP contribution in [-0.2, 0) is 20.0 Å². The Bertz CT molecular complexity index is 1200. The fourth-order valence-corrected chi connectivity index (χ4v) is 4.55. The first-order chi connectivity index (χ1) is 13.1. The number of benzene rings is 2. The summed E-state index contributed by atoms with van der Waals surface area (Å²) >= 11 is 0. The lowest BCUT2D eigenvalue weighted by Crippen LogP contribution is -2.22. The smallest absolute Gasteiger partial charge is 0.261 e. The molecule has 0 atom stereocenters. The van der Waals surface area contributed by atoms with Crippen LogP contribution < -0.4 is 4.72 Å². The van der Waals surface area contributed by atoms with Gasteiger partial charge in [-0.3, -0.25) is 4.72 Å². The number of hydrogen-bond donors (Lipinski definition) is 1. The average molecular weight is 421 g/mol. The lowest BCUT2D eigenvalue weighted by molar-refractivity contribution is 0.520. The Balaban J connectivity index is 1.94. The predicted octanol–water partition coefficient (Wildman–Crippen LogP) is 3.31. The second kappa shape index (κ2) is 7.42. The van der Waals surface area contributed by atoms with Gasteiger partial charge >= 0.3 is 0 Å². The summed E-state index contributed by atoms with van der Waals surface area (Å²) in [4.78, 5) is -0.0291. The van der Waals surface area contributed by atoms with E-state index in [9.17, 15) is 16.8 Å². The van der Waals surface area contributed by atoms with E-state index in [-0.39, 0.29) is 9.79 Å². The van der Waals surface area contributed by atoms with E-state index in [0.29, 0.717) is 22.8 Å². The highest BCUT2D eigenvalue weighted by Gasteiger charge is 2.21. The van der Waals surface area contributed by atoms with Gasteiger partial charge in [-0.1, -0.05) is 12.1 Å². The van der Waals surface area contributed by atoms with Crippen molar-refractivity contribution in [3.05, 3.63) is 66.4 Å². The molecule has 9 heteroatoms. The molecule has 0 bridgehead atoms. The van der Waals surface area contributed by atoms with Gasteiger partial charge in [0.15, 0.2) is 0 Å². The van der Waals surface area contributed by atoms with E-state index in [0.717, 1.165) is 4.31 Å². The fraction of sp³-hybridized carbons (Fsp3) is 0.158. The summed E-state index contributed by atoms with van der Waals surface area (Å²) in [5.74, 6) is 1.26. The molecule has 0 unspecified atom stereocenters. The van der Waals surface area contributed by atoms with E-state index in [4.69, 9.17) is 4.42 Å². The third-order valence-corrected chi connectivity index (χ3v) is 7.30. The minimum absolute atomic E-state index is 0.0166. The normalized spacial score (nSPS) is 12.3. The quantitative estimate of drug-likeness (QED) is 0.660. The van der Waals surface area contributed by atoms with Crippen molar-refractivity contribution in [3.8, 4) is 11.3 Å². The Morgan fingerprint density at radius 1 is 0.821 bits per heavy atom. The zero-order valence-corrected chi connectivity index (χ0v) is 17.2. The first-order valence-corrected chi connectivity index (χ1v) is 11.2. The molecule has 3 rings (SSSR count). The Hall–Kier alpha value is -2.62. The zero-order valence-electron chi connectivity index (χ0n) is 15.6. The molecule has 7 nitrogen and oxygen atoms in total. The molecule has 0 saturated carbocycles. The first-order valence-electron chi connectivity index (χ1n) is 8.32. The topological polar surface area (TPSA) is 96.7 Å². The number of hydrogen-bond acceptors (Lipinski definition) is 5. The van der Waals surface area contributed by atoms with Crippen LogP contribution in [0.1, 0.15) is 5.76 Å². The van der Waals surface area contributed by atoms with Crippen molar-refractivity contribution in [1.29, 1.82) is 0 Å². The molecule has 0 fully saturated rings. The molecule has 28 heavy (non-hydrogen) atoms.